The van der Waals surface area contributed by atoms with Crippen molar-refractivity contribution in [3.05, 3.63) is 42.8 Å². The zero-order chi connectivity index (χ0) is 8.81. The minimum atomic E-state index is 0.658. The van der Waals surface area contributed by atoms with Gasteiger partial charge in [-0.05, 0) is 12.0 Å². The van der Waals surface area contributed by atoms with Gasteiger partial charge in [-0.25, -0.2) is 0 Å². The van der Waals surface area contributed by atoms with Crippen LogP contribution in [-0.4, -0.2) is 0 Å². The molecule has 1 rings (SSSR count). The lowest BCUT2D eigenvalue weighted by molar-refractivity contribution is 0.749. The van der Waals surface area contributed by atoms with Crippen molar-refractivity contribution >= 4 is 22.6 Å². The first-order valence-corrected chi connectivity index (χ1v) is 5.57. The fourth-order valence-electron chi connectivity index (χ4n) is 1.15. The monoisotopic (exact) mass is 273 g/mol. The summed E-state index contributed by atoms with van der Waals surface area (Å²) in [5.74, 6) is 0. The molecule has 0 aliphatic carbocycles. The maximum atomic E-state index is 3.85. The number of halogens is 1. The summed E-state index contributed by atoms with van der Waals surface area (Å²) < 4.78 is 0.658. The molecule has 0 spiro atoms. The lowest BCUT2D eigenvalue weighted by Gasteiger charge is -2.08. The van der Waals surface area contributed by atoms with E-state index in [1.54, 1.807) is 0 Å². The molecule has 0 bridgehead atoms. The van der Waals surface area contributed by atoms with E-state index in [1.165, 1.54) is 18.4 Å². The smallest absolute Gasteiger partial charge is 0.0359 e. The van der Waals surface area contributed by atoms with E-state index in [0.717, 1.165) is 6.42 Å². The van der Waals surface area contributed by atoms with Crippen LogP contribution < -0.4 is 0 Å². The molecule has 0 N–H and O–H groups in total. The molecular formula is C11H14I. The summed E-state index contributed by atoms with van der Waals surface area (Å²) in [6.07, 6.45) is 3.52. The molecular weight excluding hydrogens is 259 g/mol. The summed E-state index contributed by atoms with van der Waals surface area (Å²) in [6, 6.07) is 10.7. The molecule has 1 radical (unpaired) electrons. The van der Waals surface area contributed by atoms with Crippen molar-refractivity contribution in [1.82, 2.24) is 0 Å². The van der Waals surface area contributed by atoms with E-state index < -0.39 is 0 Å². The normalized spacial score (nSPS) is 12.8. The van der Waals surface area contributed by atoms with Gasteiger partial charge < -0.3 is 0 Å². The van der Waals surface area contributed by atoms with Crippen LogP contribution in [0.5, 0.6) is 0 Å². The van der Waals surface area contributed by atoms with Crippen LogP contribution in [0.2, 0.25) is 0 Å². The Morgan fingerprint density at radius 2 is 1.92 bits per heavy atom. The highest BCUT2D eigenvalue weighted by Gasteiger charge is 2.04. The average Bonchev–Trinajstić information content (AvgIpc) is 2.15. The van der Waals surface area contributed by atoms with Crippen LogP contribution in [0.4, 0.5) is 0 Å². The van der Waals surface area contributed by atoms with Gasteiger partial charge in [0, 0.05) is 3.92 Å². The van der Waals surface area contributed by atoms with Crippen LogP contribution in [0.1, 0.15) is 28.8 Å². The molecule has 0 amide bonds. The predicted octanol–water partition coefficient (Wildman–Crippen LogP) is 4.17. The second kappa shape index (κ2) is 5.57. The van der Waals surface area contributed by atoms with Crippen LogP contribution in [0.25, 0.3) is 0 Å². The Bertz CT molecular complexity index is 206. The maximum absolute atomic E-state index is 3.85. The van der Waals surface area contributed by atoms with Crippen molar-refractivity contribution in [2.24, 2.45) is 0 Å². The number of rotatable bonds is 4. The fraction of sp³-hybridized carbons (Fsp3) is 0.364. The van der Waals surface area contributed by atoms with E-state index in [4.69, 9.17) is 0 Å². The Hall–Kier alpha value is -0.0500. The Morgan fingerprint density at radius 1 is 1.25 bits per heavy atom. The van der Waals surface area contributed by atoms with Crippen LogP contribution in [-0.2, 0) is 0 Å². The zero-order valence-corrected chi connectivity index (χ0v) is 9.33. The lowest BCUT2D eigenvalue weighted by Crippen LogP contribution is -1.88. The van der Waals surface area contributed by atoms with E-state index in [-0.39, 0.29) is 0 Å². The quantitative estimate of drug-likeness (QED) is 0.570. The third-order valence-corrected chi connectivity index (χ3v) is 3.21. The van der Waals surface area contributed by atoms with Crippen LogP contribution in [0.3, 0.4) is 0 Å². The Morgan fingerprint density at radius 3 is 2.50 bits per heavy atom. The molecule has 0 aliphatic heterocycles. The van der Waals surface area contributed by atoms with Gasteiger partial charge in [-0.2, -0.15) is 0 Å². The molecule has 1 aromatic rings. The number of unbranched alkanes of at least 4 members (excludes halogenated alkanes) is 1. The molecule has 12 heavy (non-hydrogen) atoms. The Labute approximate surface area is 88.5 Å². The van der Waals surface area contributed by atoms with E-state index in [9.17, 15) is 0 Å². The molecule has 65 valence electrons. The number of benzene rings is 1. The first-order chi connectivity index (χ1) is 5.84. The van der Waals surface area contributed by atoms with Crippen molar-refractivity contribution in [2.75, 3.05) is 0 Å². The van der Waals surface area contributed by atoms with Crippen molar-refractivity contribution in [3.63, 3.8) is 0 Å². The summed E-state index contributed by atoms with van der Waals surface area (Å²) in [6.45, 7) is 3.85. The van der Waals surface area contributed by atoms with Crippen molar-refractivity contribution in [1.29, 1.82) is 0 Å². The van der Waals surface area contributed by atoms with E-state index in [2.05, 4.69) is 59.8 Å². The summed E-state index contributed by atoms with van der Waals surface area (Å²) in [5, 5.41) is 0. The second-order valence-electron chi connectivity index (χ2n) is 2.87. The molecule has 0 aromatic heterocycles. The largest absolute Gasteiger partial charge is 0.0774 e. The molecule has 1 heteroatoms. The van der Waals surface area contributed by atoms with Gasteiger partial charge >= 0.3 is 0 Å². The Balaban J connectivity index is 2.48. The predicted molar refractivity (Wildman–Crippen MR) is 62.4 cm³/mol. The topological polar surface area (TPSA) is 0 Å². The molecule has 0 saturated heterocycles. The summed E-state index contributed by atoms with van der Waals surface area (Å²) in [4.78, 5) is 0. The molecule has 1 atom stereocenters. The van der Waals surface area contributed by atoms with Gasteiger partial charge in [-0.15, -0.1) is 0 Å². The molecule has 0 fully saturated rings. The van der Waals surface area contributed by atoms with Crippen LogP contribution >= 0.6 is 22.6 Å². The average molecular weight is 273 g/mol. The van der Waals surface area contributed by atoms with Crippen molar-refractivity contribution in [2.45, 2.75) is 23.2 Å². The molecule has 0 heterocycles. The highest BCUT2D eigenvalue weighted by molar-refractivity contribution is 14.1. The molecule has 0 aliphatic rings. The van der Waals surface area contributed by atoms with Gasteiger partial charge in [0.2, 0.25) is 0 Å². The standard InChI is InChI=1S/C11H14I/c1-2-3-9-11(12)10-7-5-4-6-8-10/h4-8,11H,1-3,9H2. The van der Waals surface area contributed by atoms with Gasteiger partial charge in [0.1, 0.15) is 0 Å². The zero-order valence-electron chi connectivity index (χ0n) is 7.17. The molecule has 1 aromatic carbocycles. The summed E-state index contributed by atoms with van der Waals surface area (Å²) >= 11 is 2.50. The fourth-order valence-corrected chi connectivity index (χ4v) is 2.01. The molecule has 1 unspecified atom stereocenters. The van der Waals surface area contributed by atoms with Crippen LogP contribution in [0.15, 0.2) is 30.3 Å². The van der Waals surface area contributed by atoms with E-state index >= 15 is 0 Å². The number of hydrogen-bond donors (Lipinski definition) is 0. The maximum Gasteiger partial charge on any atom is 0.0359 e. The summed E-state index contributed by atoms with van der Waals surface area (Å²) in [7, 11) is 0. The van der Waals surface area contributed by atoms with Gasteiger partial charge in [0.15, 0.2) is 0 Å². The van der Waals surface area contributed by atoms with Crippen molar-refractivity contribution in [3.8, 4) is 0 Å². The third kappa shape index (κ3) is 3.13. The number of alkyl halides is 1. The van der Waals surface area contributed by atoms with Crippen LogP contribution in [0, 0.1) is 6.92 Å². The third-order valence-electron chi connectivity index (χ3n) is 1.87. The lowest BCUT2D eigenvalue weighted by atomic mass is 10.1. The highest BCUT2D eigenvalue weighted by atomic mass is 127. The van der Waals surface area contributed by atoms with Gasteiger partial charge in [0.25, 0.3) is 0 Å². The molecule has 0 saturated carbocycles. The van der Waals surface area contributed by atoms with Gasteiger partial charge in [0.05, 0.1) is 0 Å². The van der Waals surface area contributed by atoms with Crippen molar-refractivity contribution < 1.29 is 0 Å². The minimum absolute atomic E-state index is 0.658. The first-order valence-electron chi connectivity index (χ1n) is 4.33. The second-order valence-corrected chi connectivity index (χ2v) is 4.38. The Kier molecular flexibility index (Phi) is 4.66. The molecule has 0 nitrogen and oxygen atoms in total. The van der Waals surface area contributed by atoms with Gasteiger partial charge in [-0.1, -0.05) is 72.7 Å². The summed E-state index contributed by atoms with van der Waals surface area (Å²) in [5.41, 5.74) is 1.44. The number of hydrogen-bond acceptors (Lipinski definition) is 0. The van der Waals surface area contributed by atoms with Gasteiger partial charge in [-0.3, -0.25) is 0 Å². The SMILES string of the molecule is [CH2]CCCC(I)c1ccccc1. The van der Waals surface area contributed by atoms with E-state index in [0.29, 0.717) is 3.92 Å². The van der Waals surface area contributed by atoms with E-state index in [1.807, 2.05) is 0 Å². The minimum Gasteiger partial charge on any atom is -0.0774 e. The highest BCUT2D eigenvalue weighted by Crippen LogP contribution is 2.28. The first kappa shape index (κ1) is 10.0.